The molecule has 1 fully saturated rings. The van der Waals surface area contributed by atoms with E-state index in [9.17, 15) is 13.5 Å². The molecule has 0 aliphatic carbocycles. The highest BCUT2D eigenvalue weighted by atomic mass is 32.2. The van der Waals surface area contributed by atoms with Gasteiger partial charge in [-0.1, -0.05) is 18.2 Å². The number of hydrogen-bond acceptors (Lipinski definition) is 9. The van der Waals surface area contributed by atoms with Crippen molar-refractivity contribution in [2.24, 2.45) is 0 Å². The minimum atomic E-state index is -3.45. The van der Waals surface area contributed by atoms with Gasteiger partial charge in [0.15, 0.2) is 0 Å². The highest BCUT2D eigenvalue weighted by Gasteiger charge is 2.23. The van der Waals surface area contributed by atoms with Gasteiger partial charge in [-0.3, -0.25) is 4.31 Å². The summed E-state index contributed by atoms with van der Waals surface area (Å²) in [6.07, 6.45) is 4.99. The van der Waals surface area contributed by atoms with E-state index in [2.05, 4.69) is 39.3 Å². The third-order valence-corrected chi connectivity index (χ3v) is 9.02. The van der Waals surface area contributed by atoms with Crippen molar-refractivity contribution in [3.05, 3.63) is 60.8 Å². The molecule has 4 aromatic rings. The second-order valence-electron chi connectivity index (χ2n) is 10.5. The standard InChI is InChI=1S/C30H39N7O4S/c1-5-41-29-20-23(36-16-14-22(15-17-36)34(2)18-19-38)10-12-26(29)32-30-31-21-24-11-13-28(37(24)33-30)25-8-6-7-9-27(25)35(3)42(4,39)40/h6-13,20-22,38H,5,14-19H2,1-4H3,(H,32,33). The Labute approximate surface area is 247 Å². The van der Waals surface area contributed by atoms with Gasteiger partial charge in [0, 0.05) is 50.0 Å². The van der Waals surface area contributed by atoms with Gasteiger partial charge in [-0.2, -0.15) is 0 Å². The molecule has 2 aromatic carbocycles. The van der Waals surface area contributed by atoms with Crippen molar-refractivity contribution in [3.63, 3.8) is 0 Å². The second-order valence-corrected chi connectivity index (χ2v) is 12.6. The fourth-order valence-corrected chi connectivity index (χ4v) is 5.93. The number of hydrogen-bond donors (Lipinski definition) is 2. The summed E-state index contributed by atoms with van der Waals surface area (Å²) < 4.78 is 33.7. The highest BCUT2D eigenvalue weighted by Crippen LogP contribution is 2.35. The SMILES string of the molecule is CCOc1cc(N2CCC(N(C)CCO)CC2)ccc1Nc1ncc2ccc(-c3ccccc3N(C)S(C)(=O)=O)n2n1. The third kappa shape index (κ3) is 6.30. The lowest BCUT2D eigenvalue weighted by Crippen LogP contribution is -2.44. The first-order valence-electron chi connectivity index (χ1n) is 14.2. The Balaban J connectivity index is 1.40. The van der Waals surface area contributed by atoms with E-state index in [1.54, 1.807) is 23.8 Å². The van der Waals surface area contributed by atoms with Gasteiger partial charge in [-0.05, 0) is 57.1 Å². The van der Waals surface area contributed by atoms with Crippen LogP contribution in [-0.4, -0.2) is 92.3 Å². The largest absolute Gasteiger partial charge is 0.492 e. The van der Waals surface area contributed by atoms with Crippen LogP contribution in [0, 0.1) is 0 Å². The summed E-state index contributed by atoms with van der Waals surface area (Å²) in [6.45, 7) is 5.22. The maximum absolute atomic E-state index is 12.3. The molecule has 0 unspecified atom stereocenters. The average molecular weight is 594 g/mol. The number of nitrogens with one attached hydrogen (secondary N) is 1. The van der Waals surface area contributed by atoms with E-state index in [1.165, 1.54) is 10.6 Å². The third-order valence-electron chi connectivity index (χ3n) is 7.83. The lowest BCUT2D eigenvalue weighted by Gasteiger charge is -2.37. The molecule has 0 spiro atoms. The lowest BCUT2D eigenvalue weighted by molar-refractivity contribution is 0.162. The topological polar surface area (TPSA) is 116 Å². The number of aromatic nitrogens is 3. The number of piperidine rings is 1. The Kier molecular flexibility index (Phi) is 8.85. The maximum atomic E-state index is 12.3. The Morgan fingerprint density at radius 1 is 1.10 bits per heavy atom. The molecule has 5 rings (SSSR count). The maximum Gasteiger partial charge on any atom is 0.245 e. The molecule has 1 saturated heterocycles. The van der Waals surface area contributed by atoms with Gasteiger partial charge < -0.3 is 25.0 Å². The number of ether oxygens (including phenoxy) is 1. The van der Waals surface area contributed by atoms with Crippen LogP contribution in [0.3, 0.4) is 0 Å². The predicted molar refractivity (Wildman–Crippen MR) is 168 cm³/mol. The smallest absolute Gasteiger partial charge is 0.245 e. The molecule has 11 nitrogen and oxygen atoms in total. The summed E-state index contributed by atoms with van der Waals surface area (Å²) >= 11 is 0. The van der Waals surface area contributed by atoms with Crippen LogP contribution in [0.15, 0.2) is 60.8 Å². The van der Waals surface area contributed by atoms with Crippen molar-refractivity contribution < 1.29 is 18.3 Å². The van der Waals surface area contributed by atoms with Gasteiger partial charge in [0.25, 0.3) is 0 Å². The Hall–Kier alpha value is -3.87. The van der Waals surface area contributed by atoms with E-state index >= 15 is 0 Å². The minimum absolute atomic E-state index is 0.180. The van der Waals surface area contributed by atoms with E-state index < -0.39 is 10.0 Å². The Bertz CT molecular complexity index is 1630. The van der Waals surface area contributed by atoms with E-state index in [0.717, 1.165) is 54.1 Å². The van der Waals surface area contributed by atoms with Crippen LogP contribution in [0.4, 0.5) is 23.0 Å². The molecule has 0 bridgehead atoms. The number of sulfonamides is 1. The number of aliphatic hydroxyl groups excluding tert-OH is 1. The van der Waals surface area contributed by atoms with Gasteiger partial charge in [-0.25, -0.2) is 17.9 Å². The highest BCUT2D eigenvalue weighted by molar-refractivity contribution is 7.92. The van der Waals surface area contributed by atoms with Crippen molar-refractivity contribution in [2.45, 2.75) is 25.8 Å². The van der Waals surface area contributed by atoms with Crippen LogP contribution in [0.25, 0.3) is 16.8 Å². The fraction of sp³-hybridized carbons (Fsp3) is 0.400. The number of anilines is 4. The van der Waals surface area contributed by atoms with Gasteiger partial charge in [0.2, 0.25) is 16.0 Å². The number of nitrogens with zero attached hydrogens (tertiary/aromatic N) is 6. The first-order valence-corrected chi connectivity index (χ1v) is 16.0. The van der Waals surface area contributed by atoms with Crippen LogP contribution in [0.1, 0.15) is 19.8 Å². The normalized spacial score (nSPS) is 14.5. The molecular formula is C30H39N7O4S. The molecule has 2 N–H and O–H groups in total. The summed E-state index contributed by atoms with van der Waals surface area (Å²) in [5.74, 6) is 1.10. The number of benzene rings is 2. The summed E-state index contributed by atoms with van der Waals surface area (Å²) in [5, 5.41) is 17.4. The van der Waals surface area contributed by atoms with E-state index in [1.807, 2.05) is 43.3 Å². The molecule has 0 saturated carbocycles. The van der Waals surface area contributed by atoms with Gasteiger partial charge in [0.1, 0.15) is 5.75 Å². The molecule has 0 radical (unpaired) electrons. The van der Waals surface area contributed by atoms with Crippen molar-refractivity contribution in [1.29, 1.82) is 0 Å². The van der Waals surface area contributed by atoms with E-state index in [-0.39, 0.29) is 6.61 Å². The van der Waals surface area contributed by atoms with Crippen molar-refractivity contribution in [1.82, 2.24) is 19.5 Å². The first kappa shape index (κ1) is 29.6. The van der Waals surface area contributed by atoms with Gasteiger partial charge in [-0.15, -0.1) is 5.10 Å². The van der Waals surface area contributed by atoms with Crippen LogP contribution in [0.2, 0.25) is 0 Å². The lowest BCUT2D eigenvalue weighted by atomic mass is 10.0. The number of fused-ring (bicyclic) bond motifs is 1. The number of rotatable bonds is 11. The van der Waals surface area contributed by atoms with Crippen LogP contribution in [-0.2, 0) is 10.0 Å². The molecule has 3 heterocycles. The van der Waals surface area contributed by atoms with Crippen LogP contribution < -0.4 is 19.3 Å². The zero-order chi connectivity index (χ0) is 29.9. The fourth-order valence-electron chi connectivity index (χ4n) is 5.42. The zero-order valence-electron chi connectivity index (χ0n) is 24.6. The summed E-state index contributed by atoms with van der Waals surface area (Å²) in [6, 6.07) is 17.8. The zero-order valence-corrected chi connectivity index (χ0v) is 25.4. The molecule has 0 atom stereocenters. The van der Waals surface area contributed by atoms with Crippen molar-refractivity contribution >= 4 is 38.6 Å². The molecular weight excluding hydrogens is 554 g/mol. The van der Waals surface area contributed by atoms with E-state index in [0.29, 0.717) is 36.6 Å². The average Bonchev–Trinajstić information content (AvgIpc) is 3.40. The molecule has 42 heavy (non-hydrogen) atoms. The predicted octanol–water partition coefficient (Wildman–Crippen LogP) is 3.83. The molecule has 224 valence electrons. The summed E-state index contributed by atoms with van der Waals surface area (Å²) in [4.78, 5) is 9.13. The summed E-state index contributed by atoms with van der Waals surface area (Å²) in [5.41, 5.74) is 4.68. The van der Waals surface area contributed by atoms with Crippen molar-refractivity contribution in [2.75, 3.05) is 67.7 Å². The molecule has 2 aromatic heterocycles. The molecule has 0 amide bonds. The molecule has 1 aliphatic heterocycles. The van der Waals surface area contributed by atoms with Gasteiger partial charge >= 0.3 is 0 Å². The monoisotopic (exact) mass is 593 g/mol. The molecule has 1 aliphatic rings. The number of aliphatic hydroxyl groups is 1. The molecule has 12 heteroatoms. The van der Waals surface area contributed by atoms with Crippen molar-refractivity contribution in [3.8, 4) is 17.0 Å². The summed E-state index contributed by atoms with van der Waals surface area (Å²) in [7, 11) is 0.169. The van der Waals surface area contributed by atoms with E-state index in [4.69, 9.17) is 9.84 Å². The first-order chi connectivity index (χ1) is 20.2. The minimum Gasteiger partial charge on any atom is -0.492 e. The van der Waals surface area contributed by atoms with Crippen LogP contribution >= 0.6 is 0 Å². The quantitative estimate of drug-likeness (QED) is 0.268. The van der Waals surface area contributed by atoms with Crippen LogP contribution in [0.5, 0.6) is 5.75 Å². The second kappa shape index (κ2) is 12.6. The Morgan fingerprint density at radius 3 is 2.57 bits per heavy atom. The van der Waals surface area contributed by atoms with Gasteiger partial charge in [0.05, 0.1) is 48.3 Å². The Morgan fingerprint density at radius 2 is 1.86 bits per heavy atom. The number of para-hydroxylation sites is 1. The number of likely N-dealkylation sites (N-methyl/N-ethyl adjacent to an activating group) is 1.